The normalized spacial score (nSPS) is 19.0. The molecular weight excluding hydrogens is 383 g/mol. The van der Waals surface area contributed by atoms with E-state index in [-0.39, 0.29) is 36.6 Å². The van der Waals surface area contributed by atoms with Gasteiger partial charge in [-0.25, -0.2) is 4.98 Å². The first kappa shape index (κ1) is 21.2. The summed E-state index contributed by atoms with van der Waals surface area (Å²) in [5, 5.41) is 6.45. The molecule has 0 bridgehead atoms. The average molecular weight is 407 g/mol. The molecule has 1 aromatic heterocycles. The maximum atomic E-state index is 12.5. The highest BCUT2D eigenvalue weighted by Gasteiger charge is 2.24. The number of hydrogen-bond donors (Lipinski definition) is 3. The van der Waals surface area contributed by atoms with E-state index in [4.69, 9.17) is 0 Å². The number of hydrogen-bond acceptors (Lipinski definition) is 3. The summed E-state index contributed by atoms with van der Waals surface area (Å²) < 4.78 is 0. The minimum atomic E-state index is 0. The first-order valence-corrected chi connectivity index (χ1v) is 8.78. The van der Waals surface area contributed by atoms with Crippen LogP contribution >= 0.6 is 24.8 Å². The van der Waals surface area contributed by atoms with Crippen LogP contribution in [0.25, 0.3) is 22.4 Å². The van der Waals surface area contributed by atoms with Crippen molar-refractivity contribution in [3.63, 3.8) is 0 Å². The number of nitrogens with zero attached hydrogens (tertiary/aromatic N) is 1. The SMILES string of the molecule is C[C@H]1C[C@@H](C(=O)Nc2cccc(-c3nc4ccccc4[nH]3)c2)CCN1.Cl.Cl. The number of halogens is 2. The van der Waals surface area contributed by atoms with Gasteiger partial charge in [0, 0.05) is 23.2 Å². The number of carbonyl (C=O) groups excluding carboxylic acids is 1. The molecule has 1 aliphatic rings. The molecule has 3 aromatic rings. The Morgan fingerprint density at radius 3 is 2.74 bits per heavy atom. The second-order valence-corrected chi connectivity index (χ2v) is 6.75. The van der Waals surface area contributed by atoms with Gasteiger partial charge in [0.25, 0.3) is 0 Å². The summed E-state index contributed by atoms with van der Waals surface area (Å²) in [6, 6.07) is 16.2. The monoisotopic (exact) mass is 406 g/mol. The minimum absolute atomic E-state index is 0. The Hall–Kier alpha value is -2.08. The Bertz CT molecular complexity index is 879. The lowest BCUT2D eigenvalue weighted by Crippen LogP contribution is -2.40. The number of H-pyrrole nitrogens is 1. The molecule has 5 nitrogen and oxygen atoms in total. The molecule has 2 aromatic carbocycles. The Morgan fingerprint density at radius 2 is 1.96 bits per heavy atom. The number of aromatic amines is 1. The van der Waals surface area contributed by atoms with Gasteiger partial charge in [-0.2, -0.15) is 0 Å². The Balaban J connectivity index is 0.00000131. The van der Waals surface area contributed by atoms with E-state index in [2.05, 4.69) is 27.5 Å². The fourth-order valence-corrected chi connectivity index (χ4v) is 3.45. The van der Waals surface area contributed by atoms with Crippen LogP contribution in [-0.2, 0) is 4.79 Å². The fraction of sp³-hybridized carbons (Fsp3) is 0.300. The van der Waals surface area contributed by atoms with E-state index in [0.717, 1.165) is 47.5 Å². The van der Waals surface area contributed by atoms with Crippen molar-refractivity contribution in [2.75, 3.05) is 11.9 Å². The molecule has 7 heteroatoms. The van der Waals surface area contributed by atoms with Crippen molar-refractivity contribution in [3.05, 3.63) is 48.5 Å². The number of aromatic nitrogens is 2. The summed E-state index contributed by atoms with van der Waals surface area (Å²) in [6.07, 6.45) is 1.77. The smallest absolute Gasteiger partial charge is 0.227 e. The molecular formula is C20H24Cl2N4O. The molecule has 144 valence electrons. The lowest BCUT2D eigenvalue weighted by molar-refractivity contribution is -0.120. The fourth-order valence-electron chi connectivity index (χ4n) is 3.45. The number of nitrogens with one attached hydrogen (secondary N) is 3. The second kappa shape index (κ2) is 9.22. The molecule has 2 atom stereocenters. The second-order valence-electron chi connectivity index (χ2n) is 6.75. The van der Waals surface area contributed by atoms with Crippen molar-refractivity contribution in [1.82, 2.24) is 15.3 Å². The zero-order valence-corrected chi connectivity index (χ0v) is 16.7. The van der Waals surface area contributed by atoms with Gasteiger partial charge in [-0.3, -0.25) is 4.79 Å². The zero-order chi connectivity index (χ0) is 17.2. The highest BCUT2D eigenvalue weighted by atomic mass is 35.5. The van der Waals surface area contributed by atoms with Crippen molar-refractivity contribution in [3.8, 4) is 11.4 Å². The predicted molar refractivity (Wildman–Crippen MR) is 115 cm³/mol. The molecule has 27 heavy (non-hydrogen) atoms. The summed E-state index contributed by atoms with van der Waals surface area (Å²) in [4.78, 5) is 20.5. The summed E-state index contributed by atoms with van der Waals surface area (Å²) >= 11 is 0. The number of piperidine rings is 1. The van der Waals surface area contributed by atoms with Gasteiger partial charge in [0.05, 0.1) is 11.0 Å². The van der Waals surface area contributed by atoms with E-state index in [1.165, 1.54) is 0 Å². The Morgan fingerprint density at radius 1 is 1.15 bits per heavy atom. The number of fused-ring (bicyclic) bond motifs is 1. The number of carbonyl (C=O) groups is 1. The quantitative estimate of drug-likeness (QED) is 0.603. The number of rotatable bonds is 3. The molecule has 0 aliphatic carbocycles. The number of benzene rings is 2. The predicted octanol–water partition coefficient (Wildman–Crippen LogP) is 4.40. The van der Waals surface area contributed by atoms with Crippen molar-refractivity contribution in [2.24, 2.45) is 5.92 Å². The largest absolute Gasteiger partial charge is 0.338 e. The van der Waals surface area contributed by atoms with Gasteiger partial charge < -0.3 is 15.6 Å². The van der Waals surface area contributed by atoms with E-state index in [1.807, 2.05) is 48.5 Å². The van der Waals surface area contributed by atoms with E-state index < -0.39 is 0 Å². The van der Waals surface area contributed by atoms with Crippen LogP contribution in [0, 0.1) is 5.92 Å². The topological polar surface area (TPSA) is 69.8 Å². The van der Waals surface area contributed by atoms with Crippen LogP contribution in [0.15, 0.2) is 48.5 Å². The van der Waals surface area contributed by atoms with E-state index >= 15 is 0 Å². The number of amides is 1. The molecule has 2 heterocycles. The van der Waals surface area contributed by atoms with Crippen LogP contribution < -0.4 is 10.6 Å². The first-order valence-electron chi connectivity index (χ1n) is 8.78. The molecule has 0 spiro atoms. The van der Waals surface area contributed by atoms with Gasteiger partial charge in [0.2, 0.25) is 5.91 Å². The summed E-state index contributed by atoms with van der Waals surface area (Å²) in [6.45, 7) is 3.03. The highest BCUT2D eigenvalue weighted by Crippen LogP contribution is 2.24. The van der Waals surface area contributed by atoms with Crippen LogP contribution in [0.2, 0.25) is 0 Å². The summed E-state index contributed by atoms with van der Waals surface area (Å²) in [5.74, 6) is 0.994. The molecule has 1 fully saturated rings. The summed E-state index contributed by atoms with van der Waals surface area (Å²) in [7, 11) is 0. The molecule has 4 rings (SSSR count). The maximum absolute atomic E-state index is 12.5. The first-order chi connectivity index (χ1) is 12.2. The zero-order valence-electron chi connectivity index (χ0n) is 15.1. The standard InChI is InChI=1S/C20H22N4O.2ClH/c1-13-11-15(9-10-21-13)20(25)22-16-6-4-5-14(12-16)19-23-17-7-2-3-8-18(17)24-19;;/h2-8,12-13,15,21H,9-11H2,1H3,(H,22,25)(H,23,24);2*1H/t13-,15-;;/m0../s1. The molecule has 0 radical (unpaired) electrons. The average Bonchev–Trinajstić information content (AvgIpc) is 3.06. The lowest BCUT2D eigenvalue weighted by Gasteiger charge is -2.27. The van der Waals surface area contributed by atoms with Gasteiger partial charge in [-0.05, 0) is 50.6 Å². The Kier molecular flexibility index (Phi) is 7.25. The molecule has 0 saturated carbocycles. The van der Waals surface area contributed by atoms with Gasteiger partial charge >= 0.3 is 0 Å². The van der Waals surface area contributed by atoms with Gasteiger partial charge in [-0.1, -0.05) is 24.3 Å². The van der Waals surface area contributed by atoms with Crippen LogP contribution in [0.3, 0.4) is 0 Å². The Labute approximate surface area is 171 Å². The van der Waals surface area contributed by atoms with Crippen LogP contribution in [-0.4, -0.2) is 28.5 Å². The number of anilines is 1. The molecule has 1 aliphatic heterocycles. The van der Waals surface area contributed by atoms with Crippen LogP contribution in [0.4, 0.5) is 5.69 Å². The van der Waals surface area contributed by atoms with Crippen molar-refractivity contribution < 1.29 is 4.79 Å². The van der Waals surface area contributed by atoms with Crippen molar-refractivity contribution >= 4 is 47.4 Å². The third-order valence-corrected chi connectivity index (χ3v) is 4.79. The molecule has 1 saturated heterocycles. The number of imidazole rings is 1. The van der Waals surface area contributed by atoms with E-state index in [0.29, 0.717) is 6.04 Å². The van der Waals surface area contributed by atoms with E-state index in [1.54, 1.807) is 0 Å². The van der Waals surface area contributed by atoms with Gasteiger partial charge in [0.1, 0.15) is 5.82 Å². The molecule has 0 unspecified atom stereocenters. The molecule has 1 amide bonds. The lowest BCUT2D eigenvalue weighted by atomic mass is 9.92. The van der Waals surface area contributed by atoms with Crippen molar-refractivity contribution in [2.45, 2.75) is 25.8 Å². The minimum Gasteiger partial charge on any atom is -0.338 e. The third kappa shape index (κ3) is 4.80. The molecule has 3 N–H and O–H groups in total. The van der Waals surface area contributed by atoms with Gasteiger partial charge in [0.15, 0.2) is 0 Å². The van der Waals surface area contributed by atoms with Gasteiger partial charge in [-0.15, -0.1) is 24.8 Å². The van der Waals surface area contributed by atoms with Crippen LogP contribution in [0.5, 0.6) is 0 Å². The van der Waals surface area contributed by atoms with Crippen LogP contribution in [0.1, 0.15) is 19.8 Å². The number of para-hydroxylation sites is 2. The van der Waals surface area contributed by atoms with Crippen molar-refractivity contribution in [1.29, 1.82) is 0 Å². The maximum Gasteiger partial charge on any atom is 0.227 e. The highest BCUT2D eigenvalue weighted by molar-refractivity contribution is 5.93. The summed E-state index contributed by atoms with van der Waals surface area (Å²) in [5.41, 5.74) is 3.73. The third-order valence-electron chi connectivity index (χ3n) is 4.79. The van der Waals surface area contributed by atoms with E-state index in [9.17, 15) is 4.79 Å².